The molecule has 0 aromatic heterocycles. The molecular weight excluding hydrogens is 513 g/mol. The normalized spacial score (nSPS) is 14.7. The van der Waals surface area contributed by atoms with E-state index >= 15 is 0 Å². The Balaban J connectivity index is 1.48. The maximum absolute atomic E-state index is 13.5. The highest BCUT2D eigenvalue weighted by Gasteiger charge is 2.43. The van der Waals surface area contributed by atoms with Gasteiger partial charge in [-0.25, -0.2) is 4.79 Å². The third-order valence-corrected chi connectivity index (χ3v) is 6.90. The van der Waals surface area contributed by atoms with E-state index in [9.17, 15) is 32.3 Å². The second-order valence-corrected chi connectivity index (χ2v) is 9.26. The molecule has 1 aliphatic heterocycles. The highest BCUT2D eigenvalue weighted by Crippen LogP contribution is 2.39. The number of halogens is 3. The van der Waals surface area contributed by atoms with Gasteiger partial charge in [0.2, 0.25) is 0 Å². The molecule has 2 aliphatic rings. The van der Waals surface area contributed by atoms with Crippen molar-refractivity contribution in [2.24, 2.45) is 0 Å². The molecule has 39 heavy (non-hydrogen) atoms. The first-order chi connectivity index (χ1) is 18.6. The molecule has 5 rings (SSSR count). The number of nitrogens with one attached hydrogen (secondary N) is 1. The van der Waals surface area contributed by atoms with E-state index in [2.05, 4.69) is 5.32 Å². The van der Waals surface area contributed by atoms with Gasteiger partial charge in [-0.1, -0.05) is 54.6 Å². The van der Waals surface area contributed by atoms with Crippen LogP contribution in [-0.4, -0.2) is 47.8 Å². The molecule has 1 atom stereocenters. The van der Waals surface area contributed by atoms with Gasteiger partial charge in [0.1, 0.15) is 0 Å². The minimum Gasteiger partial charge on any atom is -0.464 e. The summed E-state index contributed by atoms with van der Waals surface area (Å²) in [5, 5.41) is 2.69. The van der Waals surface area contributed by atoms with E-state index in [1.807, 2.05) is 0 Å². The molecule has 0 saturated heterocycles. The number of ether oxygens (including phenoxy) is 1. The summed E-state index contributed by atoms with van der Waals surface area (Å²) in [6.45, 7) is 1.28. The molecule has 1 aliphatic carbocycles. The zero-order valence-electron chi connectivity index (χ0n) is 20.8. The third kappa shape index (κ3) is 4.78. The molecule has 200 valence electrons. The Labute approximate surface area is 221 Å². The molecule has 10 heteroatoms. The standard InChI is InChI=1S/C29H23F3N2O5/c1-2-39-27(37)24(17-11-10-16-12-13-34(15-18(16)14-17)28(38)29(30,31)32)33-26(36)22-9-5-8-21-23(22)19-6-3-4-7-20(19)25(21)35/h3-11,14,24H,2,12-13,15H2,1H3,(H,33,36). The number of hydrogen-bond donors (Lipinski definition) is 1. The molecule has 7 nitrogen and oxygen atoms in total. The van der Waals surface area contributed by atoms with Crippen molar-refractivity contribution in [3.8, 4) is 11.1 Å². The molecule has 0 spiro atoms. The first kappa shape index (κ1) is 26.1. The van der Waals surface area contributed by atoms with Crippen molar-refractivity contribution in [2.45, 2.75) is 32.1 Å². The van der Waals surface area contributed by atoms with Gasteiger partial charge in [-0.2, -0.15) is 13.2 Å². The highest BCUT2D eigenvalue weighted by molar-refractivity contribution is 6.24. The number of hydrogen-bond acceptors (Lipinski definition) is 5. The van der Waals surface area contributed by atoms with Crippen LogP contribution in [0, 0.1) is 0 Å². The van der Waals surface area contributed by atoms with E-state index in [0.717, 1.165) is 5.56 Å². The largest absolute Gasteiger partial charge is 0.471 e. The Morgan fingerprint density at radius 2 is 1.69 bits per heavy atom. The average Bonchev–Trinajstić information content (AvgIpc) is 3.22. The van der Waals surface area contributed by atoms with Gasteiger partial charge < -0.3 is 15.0 Å². The van der Waals surface area contributed by atoms with Crippen molar-refractivity contribution in [1.29, 1.82) is 0 Å². The second-order valence-electron chi connectivity index (χ2n) is 9.26. The lowest BCUT2D eigenvalue weighted by Crippen LogP contribution is -2.43. The van der Waals surface area contributed by atoms with Crippen LogP contribution in [0.5, 0.6) is 0 Å². The molecule has 0 saturated carbocycles. The van der Waals surface area contributed by atoms with Gasteiger partial charge >= 0.3 is 18.1 Å². The number of alkyl halides is 3. The predicted octanol–water partition coefficient (Wildman–Crippen LogP) is 4.38. The first-order valence-electron chi connectivity index (χ1n) is 12.3. The Bertz CT molecular complexity index is 1510. The predicted molar refractivity (Wildman–Crippen MR) is 134 cm³/mol. The summed E-state index contributed by atoms with van der Waals surface area (Å²) in [5.74, 6) is -3.51. The number of benzene rings is 3. The number of ketones is 1. The summed E-state index contributed by atoms with van der Waals surface area (Å²) in [4.78, 5) is 51.9. The van der Waals surface area contributed by atoms with Crippen LogP contribution in [0.2, 0.25) is 0 Å². The monoisotopic (exact) mass is 536 g/mol. The molecule has 1 heterocycles. The lowest BCUT2D eigenvalue weighted by molar-refractivity contribution is -0.186. The average molecular weight is 537 g/mol. The molecule has 0 fully saturated rings. The fraction of sp³-hybridized carbons (Fsp3) is 0.241. The maximum atomic E-state index is 13.5. The Kier molecular flexibility index (Phi) is 6.71. The van der Waals surface area contributed by atoms with Gasteiger partial charge in [-0.3, -0.25) is 14.4 Å². The number of fused-ring (bicyclic) bond motifs is 4. The lowest BCUT2D eigenvalue weighted by Gasteiger charge is -2.30. The Morgan fingerprint density at radius 3 is 2.41 bits per heavy atom. The van der Waals surface area contributed by atoms with Crippen molar-refractivity contribution in [1.82, 2.24) is 10.2 Å². The van der Waals surface area contributed by atoms with Crippen molar-refractivity contribution >= 4 is 23.6 Å². The molecular formula is C29H23F3N2O5. The fourth-order valence-electron chi connectivity index (χ4n) is 5.09. The first-order valence-corrected chi connectivity index (χ1v) is 12.3. The summed E-state index contributed by atoms with van der Waals surface area (Å²) >= 11 is 0. The number of nitrogens with zero attached hydrogens (tertiary/aromatic N) is 1. The van der Waals surface area contributed by atoms with Crippen LogP contribution in [0.4, 0.5) is 13.2 Å². The highest BCUT2D eigenvalue weighted by atomic mass is 19.4. The van der Waals surface area contributed by atoms with Crippen molar-refractivity contribution in [2.75, 3.05) is 13.2 Å². The summed E-state index contributed by atoms with van der Waals surface area (Å²) in [6.07, 6.45) is -4.77. The molecule has 3 aromatic carbocycles. The number of rotatable bonds is 5. The number of amides is 2. The number of carbonyl (C=O) groups is 4. The number of carbonyl (C=O) groups excluding carboxylic acids is 4. The summed E-state index contributed by atoms with van der Waals surface area (Å²) in [5.41, 5.74) is 3.60. The summed E-state index contributed by atoms with van der Waals surface area (Å²) in [7, 11) is 0. The maximum Gasteiger partial charge on any atom is 0.471 e. The van der Waals surface area contributed by atoms with E-state index in [1.165, 1.54) is 6.07 Å². The minimum absolute atomic E-state index is 0.0343. The van der Waals surface area contributed by atoms with Crippen LogP contribution >= 0.6 is 0 Å². The Hall–Kier alpha value is -4.47. The zero-order valence-corrected chi connectivity index (χ0v) is 20.8. The van der Waals surface area contributed by atoms with Gasteiger partial charge in [-0.15, -0.1) is 0 Å². The van der Waals surface area contributed by atoms with Crippen LogP contribution in [0.25, 0.3) is 11.1 Å². The van der Waals surface area contributed by atoms with Crippen LogP contribution in [0.15, 0.2) is 60.7 Å². The fourth-order valence-corrected chi connectivity index (χ4v) is 5.09. The van der Waals surface area contributed by atoms with Crippen LogP contribution in [-0.2, 0) is 27.3 Å². The zero-order chi connectivity index (χ0) is 27.9. The molecule has 0 radical (unpaired) electrons. The van der Waals surface area contributed by atoms with E-state index in [4.69, 9.17) is 4.74 Å². The summed E-state index contributed by atoms with van der Waals surface area (Å²) < 4.78 is 44.2. The molecule has 3 aromatic rings. The van der Waals surface area contributed by atoms with E-state index in [0.29, 0.717) is 38.3 Å². The minimum atomic E-state index is -4.99. The van der Waals surface area contributed by atoms with Crippen molar-refractivity contribution in [3.63, 3.8) is 0 Å². The van der Waals surface area contributed by atoms with Crippen molar-refractivity contribution < 1.29 is 37.1 Å². The lowest BCUT2D eigenvalue weighted by atomic mass is 9.94. The Morgan fingerprint density at radius 1 is 0.974 bits per heavy atom. The van der Waals surface area contributed by atoms with Crippen LogP contribution < -0.4 is 5.32 Å². The molecule has 2 amide bonds. The van der Waals surface area contributed by atoms with Crippen molar-refractivity contribution in [3.05, 3.63) is 94.0 Å². The molecule has 1 N–H and O–H groups in total. The van der Waals surface area contributed by atoms with Gasteiger partial charge in [-0.05, 0) is 41.7 Å². The quantitative estimate of drug-likeness (QED) is 0.382. The number of esters is 1. The topological polar surface area (TPSA) is 92.8 Å². The van der Waals surface area contributed by atoms with Gasteiger partial charge in [0.05, 0.1) is 6.61 Å². The second kappa shape index (κ2) is 10.0. The van der Waals surface area contributed by atoms with Gasteiger partial charge in [0.25, 0.3) is 5.91 Å². The van der Waals surface area contributed by atoms with E-state index < -0.39 is 30.0 Å². The smallest absolute Gasteiger partial charge is 0.464 e. The molecule has 0 bridgehead atoms. The van der Waals surface area contributed by atoms with Gasteiger partial charge in [0, 0.05) is 35.3 Å². The van der Waals surface area contributed by atoms with E-state index in [-0.39, 0.29) is 37.5 Å². The van der Waals surface area contributed by atoms with E-state index in [1.54, 1.807) is 61.5 Å². The summed E-state index contributed by atoms with van der Waals surface area (Å²) in [6, 6.07) is 15.2. The SMILES string of the molecule is CCOC(=O)C(NC(=O)c1cccc2c1-c1ccccc1C2=O)c1ccc2c(c1)CN(C(=O)C(F)(F)F)CC2. The molecule has 1 unspecified atom stereocenters. The van der Waals surface area contributed by atoms with Gasteiger partial charge in [0.15, 0.2) is 11.8 Å². The van der Waals surface area contributed by atoms with Crippen LogP contribution in [0.3, 0.4) is 0 Å². The van der Waals surface area contributed by atoms with Crippen LogP contribution in [0.1, 0.15) is 55.9 Å². The third-order valence-electron chi connectivity index (χ3n) is 6.90.